The molecule has 0 saturated heterocycles. The fraction of sp³-hybridized carbons (Fsp3) is 0.636. The van der Waals surface area contributed by atoms with Crippen LogP contribution in [0.4, 0.5) is 5.69 Å². The van der Waals surface area contributed by atoms with Crippen molar-refractivity contribution in [1.29, 1.82) is 0 Å². The minimum Gasteiger partial charge on any atom is -0.258 e. The summed E-state index contributed by atoms with van der Waals surface area (Å²) in [5.41, 5.74) is -0.366. The van der Waals surface area contributed by atoms with Gasteiger partial charge in [0.25, 0.3) is 15.7 Å². The van der Waals surface area contributed by atoms with Gasteiger partial charge < -0.3 is 0 Å². The topological polar surface area (TPSA) is 89.3 Å². The molecule has 1 N–H and O–H groups in total. The smallest absolute Gasteiger partial charge is 0.258 e. The van der Waals surface area contributed by atoms with E-state index in [4.69, 9.17) is 11.6 Å². The molecule has 0 bridgehead atoms. The third-order valence-electron chi connectivity index (χ3n) is 3.45. The highest BCUT2D eigenvalue weighted by atomic mass is 35.5. The lowest BCUT2D eigenvalue weighted by Crippen LogP contribution is -2.36. The largest absolute Gasteiger partial charge is 0.300 e. The van der Waals surface area contributed by atoms with E-state index >= 15 is 0 Å². The van der Waals surface area contributed by atoms with Crippen LogP contribution in [0.3, 0.4) is 0 Å². The Hall–Kier alpha value is -0.700. The molecule has 1 aliphatic carbocycles. The van der Waals surface area contributed by atoms with Gasteiger partial charge in [-0.25, -0.2) is 13.1 Å². The summed E-state index contributed by atoms with van der Waals surface area (Å²) in [4.78, 5) is 10.0. The summed E-state index contributed by atoms with van der Waals surface area (Å²) in [6.07, 6.45) is 3.56. The van der Waals surface area contributed by atoms with Crippen molar-refractivity contribution in [2.75, 3.05) is 0 Å². The summed E-state index contributed by atoms with van der Waals surface area (Å²) in [5, 5.41) is 10.7. The summed E-state index contributed by atoms with van der Waals surface area (Å²) in [6, 6.07) is 0.914. The Bertz CT molecular complexity index is 606. The first kappa shape index (κ1) is 15.7. The average Bonchev–Trinajstić information content (AvgIpc) is 2.75. The van der Waals surface area contributed by atoms with E-state index in [9.17, 15) is 18.5 Å². The van der Waals surface area contributed by atoms with Gasteiger partial charge >= 0.3 is 0 Å². The van der Waals surface area contributed by atoms with Crippen molar-refractivity contribution < 1.29 is 13.3 Å². The molecule has 6 nitrogen and oxygen atoms in total. The fourth-order valence-electron chi connectivity index (χ4n) is 2.25. The number of thiophene rings is 1. The van der Waals surface area contributed by atoms with E-state index in [-0.39, 0.29) is 20.3 Å². The number of sulfonamides is 1. The summed E-state index contributed by atoms with van der Waals surface area (Å²) < 4.78 is 26.8. The van der Waals surface area contributed by atoms with Crippen LogP contribution in [-0.4, -0.2) is 19.4 Å². The molecule has 0 aromatic carbocycles. The van der Waals surface area contributed by atoms with Gasteiger partial charge in [-0.15, -0.1) is 11.3 Å². The van der Waals surface area contributed by atoms with E-state index in [1.165, 1.54) is 0 Å². The Kier molecular flexibility index (Phi) is 4.68. The zero-order chi connectivity index (χ0) is 14.9. The Balaban J connectivity index is 2.14. The van der Waals surface area contributed by atoms with Crippen LogP contribution in [-0.2, 0) is 10.0 Å². The zero-order valence-electron chi connectivity index (χ0n) is 10.8. The van der Waals surface area contributed by atoms with Crippen molar-refractivity contribution in [2.45, 2.75) is 42.9 Å². The monoisotopic (exact) mass is 338 g/mol. The standard InChI is InChI=1S/C11H15ClN2O4S2/c1-7-2-4-8(5-3-7)13-20(17,18)10-6-9(14(15)16)11(12)19-10/h6-8,13H,2-5H2,1H3. The number of rotatable bonds is 4. The molecule has 1 aliphatic rings. The van der Waals surface area contributed by atoms with Crippen LogP contribution in [0.5, 0.6) is 0 Å². The molecule has 0 aliphatic heterocycles. The Morgan fingerprint density at radius 1 is 1.40 bits per heavy atom. The summed E-state index contributed by atoms with van der Waals surface area (Å²) >= 11 is 6.40. The fourth-order valence-corrected chi connectivity index (χ4v) is 5.24. The molecular formula is C11H15ClN2O4S2. The number of nitrogens with one attached hydrogen (secondary N) is 1. The highest BCUT2D eigenvalue weighted by molar-refractivity contribution is 7.91. The van der Waals surface area contributed by atoms with Gasteiger partial charge in [0, 0.05) is 12.1 Å². The summed E-state index contributed by atoms with van der Waals surface area (Å²) in [6.45, 7) is 2.15. The van der Waals surface area contributed by atoms with Gasteiger partial charge in [-0.1, -0.05) is 18.5 Å². The molecule has 2 rings (SSSR count). The van der Waals surface area contributed by atoms with Gasteiger partial charge in [0.05, 0.1) is 4.92 Å². The van der Waals surface area contributed by atoms with Crippen molar-refractivity contribution in [2.24, 2.45) is 5.92 Å². The number of nitrogens with zero attached hydrogens (tertiary/aromatic N) is 1. The van der Waals surface area contributed by atoms with Crippen LogP contribution in [0, 0.1) is 16.0 Å². The molecule has 9 heteroatoms. The molecule has 0 radical (unpaired) electrons. The molecule has 1 fully saturated rings. The Morgan fingerprint density at radius 2 is 2.00 bits per heavy atom. The zero-order valence-corrected chi connectivity index (χ0v) is 13.2. The van der Waals surface area contributed by atoms with Gasteiger partial charge in [0.15, 0.2) is 4.34 Å². The molecule has 1 aromatic rings. The van der Waals surface area contributed by atoms with Gasteiger partial charge in [-0.05, 0) is 31.6 Å². The second-order valence-corrected chi connectivity index (χ2v) is 8.65. The number of hydrogen-bond acceptors (Lipinski definition) is 5. The third kappa shape index (κ3) is 3.49. The summed E-state index contributed by atoms with van der Waals surface area (Å²) in [7, 11) is -3.73. The maximum atomic E-state index is 12.2. The van der Waals surface area contributed by atoms with E-state index in [2.05, 4.69) is 11.6 Å². The van der Waals surface area contributed by atoms with Gasteiger partial charge in [-0.2, -0.15) is 0 Å². The number of hydrogen-bond donors (Lipinski definition) is 1. The van der Waals surface area contributed by atoms with Gasteiger partial charge in [-0.3, -0.25) is 10.1 Å². The third-order valence-corrected chi connectivity index (χ3v) is 6.78. The van der Waals surface area contributed by atoms with Crippen molar-refractivity contribution >= 4 is 38.6 Å². The van der Waals surface area contributed by atoms with E-state index in [1.54, 1.807) is 0 Å². The quantitative estimate of drug-likeness (QED) is 0.674. The van der Waals surface area contributed by atoms with E-state index in [0.29, 0.717) is 17.3 Å². The first-order valence-corrected chi connectivity index (χ1v) is 8.93. The molecule has 0 atom stereocenters. The van der Waals surface area contributed by atoms with Crippen LogP contribution < -0.4 is 4.72 Å². The van der Waals surface area contributed by atoms with Crippen LogP contribution in [0.15, 0.2) is 10.3 Å². The molecule has 1 aromatic heterocycles. The van der Waals surface area contributed by atoms with Gasteiger partial charge in [0.1, 0.15) is 4.21 Å². The molecule has 112 valence electrons. The molecular weight excluding hydrogens is 324 g/mol. The Morgan fingerprint density at radius 3 is 2.50 bits per heavy atom. The second kappa shape index (κ2) is 5.97. The maximum absolute atomic E-state index is 12.2. The second-order valence-electron chi connectivity index (χ2n) is 5.06. The predicted octanol–water partition coefficient (Wildman–Crippen LogP) is 3.17. The molecule has 1 heterocycles. The maximum Gasteiger partial charge on any atom is 0.300 e. The first-order valence-electron chi connectivity index (χ1n) is 6.25. The van der Waals surface area contributed by atoms with Crippen molar-refractivity contribution in [1.82, 2.24) is 4.72 Å². The SMILES string of the molecule is CC1CCC(NS(=O)(=O)c2cc([N+](=O)[O-])c(Cl)s2)CC1. The van der Waals surface area contributed by atoms with Crippen molar-refractivity contribution in [3.8, 4) is 0 Å². The van der Waals surface area contributed by atoms with Gasteiger partial charge in [0.2, 0.25) is 0 Å². The van der Waals surface area contributed by atoms with Crippen LogP contribution in [0.25, 0.3) is 0 Å². The molecule has 20 heavy (non-hydrogen) atoms. The van der Waals surface area contributed by atoms with Crippen LogP contribution in [0.1, 0.15) is 32.6 Å². The molecule has 0 unspecified atom stereocenters. The molecule has 1 saturated carbocycles. The lowest BCUT2D eigenvalue weighted by atomic mass is 9.88. The van der Waals surface area contributed by atoms with Crippen LogP contribution >= 0.6 is 22.9 Å². The number of nitro groups is 1. The van der Waals surface area contributed by atoms with E-state index in [1.807, 2.05) is 0 Å². The minimum atomic E-state index is -3.73. The molecule has 0 amide bonds. The lowest BCUT2D eigenvalue weighted by molar-refractivity contribution is -0.384. The lowest BCUT2D eigenvalue weighted by Gasteiger charge is -2.26. The highest BCUT2D eigenvalue weighted by Gasteiger charge is 2.28. The van der Waals surface area contributed by atoms with E-state index < -0.39 is 14.9 Å². The minimum absolute atomic E-state index is 0.101. The normalized spacial score (nSPS) is 23.7. The van der Waals surface area contributed by atoms with E-state index in [0.717, 1.165) is 31.7 Å². The van der Waals surface area contributed by atoms with Crippen LogP contribution in [0.2, 0.25) is 4.34 Å². The first-order chi connectivity index (χ1) is 9.29. The molecule has 0 spiro atoms. The Labute approximate surface area is 126 Å². The highest BCUT2D eigenvalue weighted by Crippen LogP contribution is 2.36. The van der Waals surface area contributed by atoms with Crippen molar-refractivity contribution in [3.63, 3.8) is 0 Å². The summed E-state index contributed by atoms with van der Waals surface area (Å²) in [5.74, 6) is 0.619. The predicted molar refractivity (Wildman–Crippen MR) is 77.7 cm³/mol. The number of halogens is 1. The van der Waals surface area contributed by atoms with Crippen molar-refractivity contribution in [3.05, 3.63) is 20.5 Å². The average molecular weight is 339 g/mol.